The normalized spacial score (nSPS) is 14.7. The number of fused-ring (bicyclic) bond motifs is 2. The van der Waals surface area contributed by atoms with Gasteiger partial charge in [-0.3, -0.25) is 4.79 Å². The number of aromatic hydroxyl groups is 1. The third-order valence-electron chi connectivity index (χ3n) is 5.43. The zero-order chi connectivity index (χ0) is 21.0. The molecule has 1 atom stereocenters. The van der Waals surface area contributed by atoms with Crippen molar-refractivity contribution in [3.8, 4) is 22.6 Å². The maximum absolute atomic E-state index is 12.2. The molecule has 0 saturated carbocycles. The summed E-state index contributed by atoms with van der Waals surface area (Å²) < 4.78 is 6.88. The first kappa shape index (κ1) is 18.3. The predicted octanol–water partition coefficient (Wildman–Crippen LogP) is 3.98. The lowest BCUT2D eigenvalue weighted by Crippen LogP contribution is -2.14. The van der Waals surface area contributed by atoms with E-state index in [1.54, 1.807) is 16.6 Å². The lowest BCUT2D eigenvalue weighted by atomic mass is 9.96. The van der Waals surface area contributed by atoms with Crippen molar-refractivity contribution in [3.05, 3.63) is 76.6 Å². The van der Waals surface area contributed by atoms with Crippen LogP contribution in [0.2, 0.25) is 5.02 Å². The van der Waals surface area contributed by atoms with Crippen molar-refractivity contribution in [3.63, 3.8) is 0 Å². The summed E-state index contributed by atoms with van der Waals surface area (Å²) in [5, 5.41) is 18.5. The van der Waals surface area contributed by atoms with Crippen molar-refractivity contribution < 1.29 is 14.6 Å². The lowest BCUT2D eigenvalue weighted by Gasteiger charge is -2.21. The summed E-state index contributed by atoms with van der Waals surface area (Å²) in [4.78, 5) is 12.2. The number of ether oxygens (including phenoxy) is 1. The van der Waals surface area contributed by atoms with Gasteiger partial charge in [-0.05, 0) is 18.2 Å². The monoisotopic (exact) mass is 420 g/mol. The van der Waals surface area contributed by atoms with Crippen LogP contribution in [0.4, 0.5) is 5.69 Å². The summed E-state index contributed by atoms with van der Waals surface area (Å²) >= 11 is 6.53. The van der Waals surface area contributed by atoms with E-state index in [0.717, 1.165) is 22.3 Å². The number of halogens is 1. The van der Waals surface area contributed by atoms with Gasteiger partial charge >= 0.3 is 0 Å². The van der Waals surface area contributed by atoms with Crippen LogP contribution in [-0.2, 0) is 0 Å². The zero-order valence-electron chi connectivity index (χ0n) is 15.9. The standard InChI is InChI=1S/C22H17ClN4O3/c1-30-16-7-6-12(18(23)21(16)28)19-13-8-9-27-20(13)17(14(10-25-27)22(24)29)11-4-2-3-5-15(11)26-19/h2-10,19,26,28H,1H3,(H2,24,29). The Hall–Kier alpha value is -3.71. The van der Waals surface area contributed by atoms with Gasteiger partial charge < -0.3 is 20.9 Å². The van der Waals surface area contributed by atoms with E-state index in [1.165, 1.54) is 13.3 Å². The van der Waals surface area contributed by atoms with E-state index in [9.17, 15) is 9.90 Å². The number of hydrogen-bond donors (Lipinski definition) is 3. The van der Waals surface area contributed by atoms with E-state index in [1.807, 2.05) is 36.5 Å². The smallest absolute Gasteiger partial charge is 0.251 e. The molecule has 30 heavy (non-hydrogen) atoms. The second kappa shape index (κ2) is 6.67. The summed E-state index contributed by atoms with van der Waals surface area (Å²) in [5.74, 6) is -0.394. The molecule has 0 radical (unpaired) electrons. The fourth-order valence-electron chi connectivity index (χ4n) is 4.05. The Morgan fingerprint density at radius 1 is 1.23 bits per heavy atom. The molecule has 0 aliphatic carbocycles. The first-order chi connectivity index (χ1) is 14.5. The molecule has 2 aromatic carbocycles. The van der Waals surface area contributed by atoms with Crippen LogP contribution < -0.4 is 15.8 Å². The maximum atomic E-state index is 12.2. The number of carbonyl (C=O) groups is 1. The number of aromatic nitrogens is 2. The lowest BCUT2D eigenvalue weighted by molar-refractivity contribution is 0.100. The largest absolute Gasteiger partial charge is 0.503 e. The Morgan fingerprint density at radius 3 is 2.80 bits per heavy atom. The number of nitrogens with one attached hydrogen (secondary N) is 1. The maximum Gasteiger partial charge on any atom is 0.251 e. The van der Waals surface area contributed by atoms with Crippen LogP contribution in [0.15, 0.2) is 54.9 Å². The minimum atomic E-state index is -0.555. The average Bonchev–Trinajstić information content (AvgIpc) is 3.11. The fourth-order valence-corrected chi connectivity index (χ4v) is 4.32. The third-order valence-corrected chi connectivity index (χ3v) is 5.83. The topological polar surface area (TPSA) is 102 Å². The first-order valence-corrected chi connectivity index (χ1v) is 9.60. The number of benzene rings is 2. The number of para-hydroxylation sites is 1. The number of primary amides is 1. The van der Waals surface area contributed by atoms with Crippen LogP contribution in [0.5, 0.6) is 11.5 Å². The number of methoxy groups -OCH3 is 1. The summed E-state index contributed by atoms with van der Waals surface area (Å²) in [7, 11) is 1.47. The van der Waals surface area contributed by atoms with E-state index >= 15 is 0 Å². The number of anilines is 1. The van der Waals surface area contributed by atoms with Crippen LogP contribution in [0, 0.1) is 0 Å². The van der Waals surface area contributed by atoms with Gasteiger partial charge in [-0.2, -0.15) is 5.10 Å². The van der Waals surface area contributed by atoms with E-state index in [0.29, 0.717) is 16.7 Å². The SMILES string of the molecule is COc1ccc(C2Nc3ccccc3-c3c(C(N)=O)cnn4ccc2c34)c(Cl)c1O. The van der Waals surface area contributed by atoms with Crippen molar-refractivity contribution in [2.24, 2.45) is 5.73 Å². The highest BCUT2D eigenvalue weighted by atomic mass is 35.5. The number of hydrogen-bond acceptors (Lipinski definition) is 5. The molecular formula is C22H17ClN4O3. The molecule has 0 spiro atoms. The Balaban J connectivity index is 1.86. The van der Waals surface area contributed by atoms with Crippen molar-refractivity contribution in [1.82, 2.24) is 9.61 Å². The highest BCUT2D eigenvalue weighted by Gasteiger charge is 2.30. The number of nitrogens with two attached hydrogens (primary N) is 1. The van der Waals surface area contributed by atoms with Crippen LogP contribution in [0.1, 0.15) is 27.5 Å². The molecule has 1 unspecified atom stereocenters. The van der Waals surface area contributed by atoms with Crippen LogP contribution >= 0.6 is 11.6 Å². The Labute approximate surface area is 176 Å². The first-order valence-electron chi connectivity index (χ1n) is 9.22. The van der Waals surface area contributed by atoms with Gasteiger partial charge in [0.15, 0.2) is 11.5 Å². The van der Waals surface area contributed by atoms with Crippen molar-refractivity contribution in [2.75, 3.05) is 12.4 Å². The molecule has 4 aromatic rings. The number of phenolic OH excluding ortho intramolecular Hbond substituents is 1. The molecule has 2 aromatic heterocycles. The number of phenols is 1. The zero-order valence-corrected chi connectivity index (χ0v) is 16.6. The summed E-state index contributed by atoms with van der Waals surface area (Å²) in [6, 6.07) is 12.6. The van der Waals surface area contributed by atoms with Crippen molar-refractivity contribution >= 4 is 28.7 Å². The van der Waals surface area contributed by atoms with Crippen LogP contribution in [-0.4, -0.2) is 27.7 Å². The molecule has 1 aliphatic rings. The Kier molecular flexibility index (Phi) is 4.08. The second-order valence-corrected chi connectivity index (χ2v) is 7.38. The number of nitrogens with zero attached hydrogens (tertiary/aromatic N) is 2. The molecule has 1 aliphatic heterocycles. The van der Waals surface area contributed by atoms with Crippen molar-refractivity contribution in [1.29, 1.82) is 0 Å². The van der Waals surface area contributed by atoms with Gasteiger partial charge in [0.25, 0.3) is 5.91 Å². The van der Waals surface area contributed by atoms with Crippen LogP contribution in [0.3, 0.4) is 0 Å². The highest BCUT2D eigenvalue weighted by molar-refractivity contribution is 6.33. The molecule has 0 saturated heterocycles. The van der Waals surface area contributed by atoms with E-state index in [2.05, 4.69) is 10.4 Å². The molecule has 150 valence electrons. The van der Waals surface area contributed by atoms with Gasteiger partial charge in [-0.25, -0.2) is 4.52 Å². The number of carbonyl (C=O) groups excluding carboxylic acids is 1. The van der Waals surface area contributed by atoms with Gasteiger partial charge in [-0.1, -0.05) is 35.9 Å². The van der Waals surface area contributed by atoms with Gasteiger partial charge in [0, 0.05) is 34.1 Å². The quantitative estimate of drug-likeness (QED) is 0.465. The average molecular weight is 421 g/mol. The van der Waals surface area contributed by atoms with Crippen LogP contribution in [0.25, 0.3) is 16.6 Å². The summed E-state index contributed by atoms with van der Waals surface area (Å²) in [6.45, 7) is 0. The number of rotatable bonds is 3. The Bertz CT molecular complexity index is 1330. The minimum absolute atomic E-state index is 0.129. The number of amides is 1. The van der Waals surface area contributed by atoms with E-state index in [4.69, 9.17) is 22.1 Å². The molecule has 1 amide bonds. The molecule has 7 nitrogen and oxygen atoms in total. The van der Waals surface area contributed by atoms with E-state index in [-0.39, 0.29) is 16.5 Å². The van der Waals surface area contributed by atoms with Crippen molar-refractivity contribution in [2.45, 2.75) is 6.04 Å². The second-order valence-electron chi connectivity index (χ2n) is 7.00. The highest BCUT2D eigenvalue weighted by Crippen LogP contribution is 2.47. The minimum Gasteiger partial charge on any atom is -0.503 e. The molecule has 5 rings (SSSR count). The van der Waals surface area contributed by atoms with Gasteiger partial charge in [0.1, 0.15) is 0 Å². The molecule has 8 heteroatoms. The third kappa shape index (κ3) is 2.52. The molecule has 4 N–H and O–H groups in total. The van der Waals surface area contributed by atoms with Gasteiger partial charge in [0.05, 0.1) is 35.5 Å². The fraction of sp³-hybridized carbons (Fsp3) is 0.0909. The van der Waals surface area contributed by atoms with E-state index < -0.39 is 11.9 Å². The molecule has 3 heterocycles. The molecular weight excluding hydrogens is 404 g/mol. The summed E-state index contributed by atoms with van der Waals surface area (Å²) in [6.07, 6.45) is 3.30. The van der Waals surface area contributed by atoms with Gasteiger partial charge in [0.2, 0.25) is 0 Å². The predicted molar refractivity (Wildman–Crippen MR) is 114 cm³/mol. The Morgan fingerprint density at radius 2 is 2.03 bits per heavy atom. The summed E-state index contributed by atoms with van der Waals surface area (Å²) in [5.41, 5.74) is 10.6. The molecule has 0 bridgehead atoms. The van der Waals surface area contributed by atoms with Gasteiger partial charge in [-0.15, -0.1) is 0 Å². The molecule has 0 fully saturated rings.